The van der Waals surface area contributed by atoms with Gasteiger partial charge in [0.05, 0.1) is 6.04 Å². The molecule has 1 aromatic carbocycles. The molecule has 5 nitrogen and oxygen atoms in total. The van der Waals surface area contributed by atoms with Crippen molar-refractivity contribution in [2.24, 2.45) is 0 Å². The Bertz CT molecular complexity index is 687. The van der Waals surface area contributed by atoms with E-state index in [-0.39, 0.29) is 6.04 Å². The molecule has 2 heterocycles. The van der Waals surface area contributed by atoms with Crippen molar-refractivity contribution in [3.8, 4) is 0 Å². The molecular weight excluding hydrogens is 361 g/mol. The van der Waals surface area contributed by atoms with Crippen molar-refractivity contribution in [3.63, 3.8) is 0 Å². The number of likely N-dealkylation sites (tertiary alicyclic amines) is 1. The van der Waals surface area contributed by atoms with E-state index in [0.717, 1.165) is 43.6 Å². The van der Waals surface area contributed by atoms with Crippen molar-refractivity contribution >= 4 is 17.6 Å². The predicted octanol–water partition coefficient (Wildman–Crippen LogP) is 3.45. The lowest BCUT2D eigenvalue weighted by molar-refractivity contribution is -0.190. The Balaban J connectivity index is 1.74. The van der Waals surface area contributed by atoms with Gasteiger partial charge in [-0.25, -0.2) is 4.79 Å². The van der Waals surface area contributed by atoms with Crippen molar-refractivity contribution in [1.82, 2.24) is 4.90 Å². The second-order valence-corrected chi connectivity index (χ2v) is 6.99. The standard InChI is InChI=1S/C19H23F3N2O3/c20-19(21,22)13-27-18(26)17(25)24-11-2-1-8-16(24)14-6-5-7-15(12-14)23-9-3-4-10-23/h5-7,12,16H,1-4,8-11,13H2. The minimum atomic E-state index is -4.65. The molecule has 0 aromatic heterocycles. The first-order chi connectivity index (χ1) is 12.8. The van der Waals surface area contributed by atoms with E-state index in [9.17, 15) is 22.8 Å². The number of carbonyl (C=O) groups is 2. The van der Waals surface area contributed by atoms with Crippen LogP contribution in [0, 0.1) is 0 Å². The summed E-state index contributed by atoms with van der Waals surface area (Å²) in [6, 6.07) is 7.52. The number of alkyl halides is 3. The Morgan fingerprint density at radius 2 is 1.78 bits per heavy atom. The van der Waals surface area contributed by atoms with Gasteiger partial charge in [-0.3, -0.25) is 4.79 Å². The zero-order chi connectivity index (χ0) is 19.4. The number of piperidine rings is 1. The molecule has 1 unspecified atom stereocenters. The number of ether oxygens (including phenoxy) is 1. The summed E-state index contributed by atoms with van der Waals surface area (Å²) in [4.78, 5) is 27.9. The zero-order valence-corrected chi connectivity index (χ0v) is 15.0. The Hall–Kier alpha value is -2.25. The second kappa shape index (κ2) is 8.19. The molecular formula is C19H23F3N2O3. The van der Waals surface area contributed by atoms with Crippen molar-refractivity contribution in [1.29, 1.82) is 0 Å². The SMILES string of the molecule is O=C(OCC(F)(F)F)C(=O)N1CCCCC1c1cccc(N2CCCC2)c1. The van der Waals surface area contributed by atoms with Crippen LogP contribution in [0.25, 0.3) is 0 Å². The first-order valence-electron chi connectivity index (χ1n) is 9.24. The molecule has 8 heteroatoms. The number of rotatable bonds is 3. The monoisotopic (exact) mass is 384 g/mol. The summed E-state index contributed by atoms with van der Waals surface area (Å²) in [5, 5.41) is 0. The third kappa shape index (κ3) is 4.93. The van der Waals surface area contributed by atoms with E-state index in [1.165, 1.54) is 4.90 Å². The third-order valence-electron chi connectivity index (χ3n) is 5.03. The lowest BCUT2D eigenvalue weighted by atomic mass is 9.94. The van der Waals surface area contributed by atoms with E-state index >= 15 is 0 Å². The summed E-state index contributed by atoms with van der Waals surface area (Å²) in [6.07, 6.45) is -0.101. The second-order valence-electron chi connectivity index (χ2n) is 6.99. The fourth-order valence-corrected chi connectivity index (χ4v) is 3.75. The Labute approximate surface area is 156 Å². The molecule has 27 heavy (non-hydrogen) atoms. The smallest absolute Gasteiger partial charge is 0.422 e. The van der Waals surface area contributed by atoms with E-state index in [1.807, 2.05) is 24.3 Å². The van der Waals surface area contributed by atoms with E-state index in [0.29, 0.717) is 19.4 Å². The lowest BCUT2D eigenvalue weighted by Gasteiger charge is -2.35. The molecule has 0 N–H and O–H groups in total. The van der Waals surface area contributed by atoms with Crippen molar-refractivity contribution in [2.45, 2.75) is 44.3 Å². The molecule has 2 saturated heterocycles. The summed E-state index contributed by atoms with van der Waals surface area (Å²) in [6.45, 7) is 0.556. The van der Waals surface area contributed by atoms with Crippen LogP contribution in [0.4, 0.5) is 18.9 Å². The predicted molar refractivity (Wildman–Crippen MR) is 93.2 cm³/mol. The highest BCUT2D eigenvalue weighted by molar-refractivity contribution is 6.32. The summed E-state index contributed by atoms with van der Waals surface area (Å²) in [5.41, 5.74) is 1.97. The van der Waals surface area contributed by atoms with Gasteiger partial charge in [0, 0.05) is 25.3 Å². The maximum atomic E-state index is 12.4. The van der Waals surface area contributed by atoms with Gasteiger partial charge in [-0.15, -0.1) is 0 Å². The van der Waals surface area contributed by atoms with E-state index in [4.69, 9.17) is 0 Å². The van der Waals surface area contributed by atoms with Crippen LogP contribution in [0.5, 0.6) is 0 Å². The number of halogens is 3. The van der Waals surface area contributed by atoms with Crippen molar-refractivity contribution in [2.75, 3.05) is 31.1 Å². The molecule has 2 aliphatic rings. The fraction of sp³-hybridized carbons (Fsp3) is 0.579. The molecule has 0 bridgehead atoms. The number of carbonyl (C=O) groups excluding carboxylic acids is 2. The van der Waals surface area contributed by atoms with Crippen molar-refractivity contribution < 1.29 is 27.5 Å². The minimum Gasteiger partial charge on any atom is -0.449 e. The molecule has 0 aliphatic carbocycles. The van der Waals surface area contributed by atoms with Gasteiger partial charge in [-0.1, -0.05) is 12.1 Å². The number of amides is 1. The lowest BCUT2D eigenvalue weighted by Crippen LogP contribution is -2.43. The number of nitrogens with zero attached hydrogens (tertiary/aromatic N) is 2. The molecule has 0 spiro atoms. The van der Waals surface area contributed by atoms with Gasteiger partial charge in [0.1, 0.15) is 0 Å². The maximum Gasteiger partial charge on any atom is 0.422 e. The van der Waals surface area contributed by atoms with Gasteiger partial charge in [0.15, 0.2) is 6.61 Å². The highest BCUT2D eigenvalue weighted by Crippen LogP contribution is 2.33. The average Bonchev–Trinajstić information content (AvgIpc) is 3.20. The highest BCUT2D eigenvalue weighted by Gasteiger charge is 2.36. The molecule has 1 atom stereocenters. The normalized spacial score (nSPS) is 20.6. The van der Waals surface area contributed by atoms with E-state index < -0.39 is 24.7 Å². The van der Waals surface area contributed by atoms with Crippen LogP contribution >= 0.6 is 0 Å². The molecule has 0 saturated carbocycles. The first-order valence-corrected chi connectivity index (χ1v) is 9.24. The Kier molecular flexibility index (Phi) is 5.92. The van der Waals surface area contributed by atoms with E-state index in [1.54, 1.807) is 0 Å². The first kappa shape index (κ1) is 19.5. The zero-order valence-electron chi connectivity index (χ0n) is 15.0. The number of hydrogen-bond donors (Lipinski definition) is 0. The summed E-state index contributed by atoms with van der Waals surface area (Å²) < 4.78 is 40.9. The highest BCUT2D eigenvalue weighted by atomic mass is 19.4. The number of esters is 1. The van der Waals surface area contributed by atoms with Gasteiger partial charge in [-0.05, 0) is 49.8 Å². The van der Waals surface area contributed by atoms with Crippen LogP contribution in [0.15, 0.2) is 24.3 Å². The topological polar surface area (TPSA) is 49.9 Å². The summed E-state index contributed by atoms with van der Waals surface area (Å²) in [5.74, 6) is -2.45. The molecule has 3 rings (SSSR count). The van der Waals surface area contributed by atoms with Crippen LogP contribution in [-0.4, -0.2) is 49.2 Å². The minimum absolute atomic E-state index is 0.327. The average molecular weight is 384 g/mol. The quantitative estimate of drug-likeness (QED) is 0.592. The Morgan fingerprint density at radius 3 is 2.48 bits per heavy atom. The van der Waals surface area contributed by atoms with E-state index in [2.05, 4.69) is 9.64 Å². The summed E-state index contributed by atoms with van der Waals surface area (Å²) >= 11 is 0. The van der Waals surface area contributed by atoms with Crippen LogP contribution in [-0.2, 0) is 14.3 Å². The number of hydrogen-bond acceptors (Lipinski definition) is 4. The van der Waals surface area contributed by atoms with Crippen LogP contribution in [0.3, 0.4) is 0 Å². The van der Waals surface area contributed by atoms with Crippen LogP contribution in [0.1, 0.15) is 43.7 Å². The molecule has 1 amide bonds. The van der Waals surface area contributed by atoms with Gasteiger partial charge in [0.2, 0.25) is 0 Å². The molecule has 2 fully saturated rings. The maximum absolute atomic E-state index is 12.4. The molecule has 0 radical (unpaired) electrons. The van der Waals surface area contributed by atoms with Gasteiger partial charge >= 0.3 is 18.1 Å². The number of benzene rings is 1. The van der Waals surface area contributed by atoms with Gasteiger partial charge in [-0.2, -0.15) is 13.2 Å². The van der Waals surface area contributed by atoms with Gasteiger partial charge < -0.3 is 14.5 Å². The molecule has 2 aliphatic heterocycles. The molecule has 1 aromatic rings. The van der Waals surface area contributed by atoms with Gasteiger partial charge in [0.25, 0.3) is 0 Å². The largest absolute Gasteiger partial charge is 0.449 e. The van der Waals surface area contributed by atoms with Crippen molar-refractivity contribution in [3.05, 3.63) is 29.8 Å². The third-order valence-corrected chi connectivity index (χ3v) is 5.03. The molecule has 148 valence electrons. The van der Waals surface area contributed by atoms with Crippen LogP contribution < -0.4 is 4.90 Å². The Morgan fingerprint density at radius 1 is 1.07 bits per heavy atom. The summed E-state index contributed by atoms with van der Waals surface area (Å²) in [7, 11) is 0. The number of anilines is 1. The van der Waals surface area contributed by atoms with Crippen LogP contribution in [0.2, 0.25) is 0 Å². The fourth-order valence-electron chi connectivity index (χ4n) is 3.75.